The highest BCUT2D eigenvalue weighted by atomic mass is 35.5. The fraction of sp³-hybridized carbons (Fsp3) is 0.286. The average Bonchev–Trinajstić information content (AvgIpc) is 3.16. The van der Waals surface area contributed by atoms with Crippen LogP contribution in [0.5, 0.6) is 0 Å². The summed E-state index contributed by atoms with van der Waals surface area (Å²) in [5.41, 5.74) is 2.24. The van der Waals surface area contributed by atoms with Crippen LogP contribution in [0, 0.1) is 17.1 Å². The van der Waals surface area contributed by atoms with E-state index in [4.69, 9.17) is 0 Å². The van der Waals surface area contributed by atoms with Crippen molar-refractivity contribution in [1.82, 2.24) is 14.2 Å². The number of H-pyrrole nitrogens is 1. The molecular weight excluding hydrogens is 427 g/mol. The predicted octanol–water partition coefficient (Wildman–Crippen LogP) is 3.15. The van der Waals surface area contributed by atoms with Crippen LogP contribution in [-0.4, -0.2) is 55.3 Å². The third-order valence-corrected chi connectivity index (χ3v) is 7.27. The second-order valence-corrected chi connectivity index (χ2v) is 9.08. The lowest BCUT2D eigenvalue weighted by Gasteiger charge is -2.34. The van der Waals surface area contributed by atoms with Gasteiger partial charge in [0.1, 0.15) is 11.9 Å². The number of hydrogen-bond donors (Lipinski definition) is 1. The van der Waals surface area contributed by atoms with Gasteiger partial charge in [-0.15, -0.1) is 12.4 Å². The van der Waals surface area contributed by atoms with Crippen molar-refractivity contribution in [2.75, 3.05) is 32.7 Å². The van der Waals surface area contributed by atoms with Crippen LogP contribution in [0.2, 0.25) is 0 Å². The Morgan fingerprint density at radius 1 is 1.07 bits per heavy atom. The summed E-state index contributed by atoms with van der Waals surface area (Å²) in [6.45, 7) is 2.94. The third-order valence-electron chi connectivity index (χ3n) is 5.37. The van der Waals surface area contributed by atoms with Crippen molar-refractivity contribution >= 4 is 33.3 Å². The maximum atomic E-state index is 13.0. The molecule has 1 N–H and O–H groups in total. The summed E-state index contributed by atoms with van der Waals surface area (Å²) in [5.74, 6) is -0.243. The molecule has 0 unspecified atom stereocenters. The molecule has 1 aliphatic rings. The predicted molar refractivity (Wildman–Crippen MR) is 116 cm³/mol. The van der Waals surface area contributed by atoms with E-state index in [1.54, 1.807) is 36.5 Å². The zero-order chi connectivity index (χ0) is 20.4. The lowest BCUT2D eigenvalue weighted by molar-refractivity contribution is 0.190. The van der Waals surface area contributed by atoms with E-state index >= 15 is 0 Å². The first-order chi connectivity index (χ1) is 14.0. The number of aromatic nitrogens is 1. The van der Waals surface area contributed by atoms with E-state index in [0.717, 1.165) is 24.0 Å². The normalized spacial score (nSPS) is 15.6. The number of aromatic amines is 1. The Bertz CT molecular complexity index is 1160. The minimum Gasteiger partial charge on any atom is -0.360 e. The summed E-state index contributed by atoms with van der Waals surface area (Å²) in [6.07, 6.45) is 2.38. The van der Waals surface area contributed by atoms with E-state index in [9.17, 15) is 18.1 Å². The molecule has 0 spiro atoms. The molecule has 3 aromatic rings. The van der Waals surface area contributed by atoms with Crippen LogP contribution in [0.4, 0.5) is 4.39 Å². The molecule has 2 aromatic carbocycles. The summed E-state index contributed by atoms with van der Waals surface area (Å²) in [6, 6.07) is 13.4. The van der Waals surface area contributed by atoms with Crippen molar-refractivity contribution in [1.29, 1.82) is 5.26 Å². The number of fused-ring (bicyclic) bond motifs is 1. The van der Waals surface area contributed by atoms with E-state index in [0.29, 0.717) is 37.1 Å². The molecule has 0 saturated carbocycles. The number of nitrogens with zero attached hydrogens (tertiary/aromatic N) is 3. The quantitative estimate of drug-likeness (QED) is 0.650. The van der Waals surface area contributed by atoms with Gasteiger partial charge >= 0.3 is 0 Å². The molecule has 4 rings (SSSR count). The van der Waals surface area contributed by atoms with Crippen LogP contribution in [0.15, 0.2) is 53.6 Å². The van der Waals surface area contributed by atoms with E-state index in [1.807, 2.05) is 0 Å². The topological polar surface area (TPSA) is 80.2 Å². The second-order valence-electron chi connectivity index (χ2n) is 7.14. The Kier molecular flexibility index (Phi) is 6.78. The molecule has 158 valence electrons. The Morgan fingerprint density at radius 2 is 1.77 bits per heavy atom. The van der Waals surface area contributed by atoms with Crippen molar-refractivity contribution in [3.05, 3.63) is 65.6 Å². The molecule has 0 atom stereocenters. The Morgan fingerprint density at radius 3 is 2.43 bits per heavy atom. The first-order valence-corrected chi connectivity index (χ1v) is 10.9. The zero-order valence-corrected chi connectivity index (χ0v) is 17.8. The molecule has 2 heterocycles. The molecule has 0 radical (unpaired) electrons. The Balaban J connectivity index is 0.00000256. The van der Waals surface area contributed by atoms with Crippen molar-refractivity contribution in [3.63, 3.8) is 0 Å². The van der Waals surface area contributed by atoms with Gasteiger partial charge < -0.3 is 9.88 Å². The molecule has 0 amide bonds. The van der Waals surface area contributed by atoms with E-state index in [-0.39, 0.29) is 23.1 Å². The molecule has 6 nitrogen and oxygen atoms in total. The number of nitrogens with one attached hydrogen (secondary N) is 1. The Labute approximate surface area is 181 Å². The third kappa shape index (κ3) is 4.50. The van der Waals surface area contributed by atoms with Gasteiger partial charge in [-0.25, -0.2) is 12.8 Å². The number of benzene rings is 2. The van der Waals surface area contributed by atoms with Crippen LogP contribution < -0.4 is 0 Å². The molecule has 1 aromatic heterocycles. The van der Waals surface area contributed by atoms with Crippen molar-refractivity contribution in [2.24, 2.45) is 0 Å². The largest absolute Gasteiger partial charge is 0.360 e. The van der Waals surface area contributed by atoms with Crippen LogP contribution in [-0.2, 0) is 16.4 Å². The highest BCUT2D eigenvalue weighted by Gasteiger charge is 2.28. The number of sulfonamides is 1. The smallest absolute Gasteiger partial charge is 0.243 e. The van der Waals surface area contributed by atoms with Crippen LogP contribution >= 0.6 is 12.4 Å². The SMILES string of the molecule is Cl.N#Cc1c[nH]c2ccc(S(=O)(=O)N3CCN(CCc4ccc(F)cc4)CC3)cc12. The van der Waals surface area contributed by atoms with Gasteiger partial charge in [-0.2, -0.15) is 9.57 Å². The maximum Gasteiger partial charge on any atom is 0.243 e. The summed E-state index contributed by atoms with van der Waals surface area (Å²) in [5, 5.41) is 9.81. The average molecular weight is 449 g/mol. The van der Waals surface area contributed by atoms with Gasteiger partial charge in [0.05, 0.1) is 10.5 Å². The van der Waals surface area contributed by atoms with E-state index < -0.39 is 10.0 Å². The summed E-state index contributed by atoms with van der Waals surface area (Å²) < 4.78 is 40.6. The first kappa shape index (κ1) is 22.2. The minimum atomic E-state index is -3.61. The number of halogens is 2. The van der Waals surface area contributed by atoms with Crippen molar-refractivity contribution < 1.29 is 12.8 Å². The summed E-state index contributed by atoms with van der Waals surface area (Å²) >= 11 is 0. The summed E-state index contributed by atoms with van der Waals surface area (Å²) in [7, 11) is -3.61. The highest BCUT2D eigenvalue weighted by molar-refractivity contribution is 7.89. The lowest BCUT2D eigenvalue weighted by Crippen LogP contribution is -2.48. The van der Waals surface area contributed by atoms with E-state index in [1.165, 1.54) is 16.4 Å². The van der Waals surface area contributed by atoms with Gasteiger partial charge in [0.15, 0.2) is 0 Å². The molecule has 1 aliphatic heterocycles. The monoisotopic (exact) mass is 448 g/mol. The second kappa shape index (κ2) is 9.14. The van der Waals surface area contributed by atoms with Crippen molar-refractivity contribution in [3.8, 4) is 6.07 Å². The first-order valence-electron chi connectivity index (χ1n) is 9.45. The van der Waals surface area contributed by atoms with Gasteiger partial charge in [0.25, 0.3) is 0 Å². The van der Waals surface area contributed by atoms with Crippen molar-refractivity contribution in [2.45, 2.75) is 11.3 Å². The molecule has 1 fully saturated rings. The number of nitriles is 1. The van der Waals surface area contributed by atoms with Crippen LogP contribution in [0.3, 0.4) is 0 Å². The van der Waals surface area contributed by atoms with Gasteiger partial charge in [0.2, 0.25) is 10.0 Å². The maximum absolute atomic E-state index is 13.0. The fourth-order valence-electron chi connectivity index (χ4n) is 3.63. The zero-order valence-electron chi connectivity index (χ0n) is 16.2. The van der Waals surface area contributed by atoms with Gasteiger partial charge in [-0.3, -0.25) is 0 Å². The molecular formula is C21H22ClFN4O2S. The molecule has 0 aliphatic carbocycles. The van der Waals surface area contributed by atoms with Gasteiger partial charge in [-0.1, -0.05) is 12.1 Å². The standard InChI is InChI=1S/C21H21FN4O2S.ClH/c22-18-3-1-16(2-4-18)7-8-25-9-11-26(12-10-25)29(27,28)19-5-6-21-20(13-19)17(14-23)15-24-21;/h1-6,13,15,24H,7-12H2;1H. The van der Waals surface area contributed by atoms with Gasteiger partial charge in [-0.05, 0) is 42.3 Å². The van der Waals surface area contributed by atoms with Crippen LogP contribution in [0.1, 0.15) is 11.1 Å². The Hall–Kier alpha value is -2.44. The molecule has 9 heteroatoms. The summed E-state index contributed by atoms with van der Waals surface area (Å²) in [4.78, 5) is 5.41. The van der Waals surface area contributed by atoms with Gasteiger partial charge in [0, 0.05) is 49.8 Å². The lowest BCUT2D eigenvalue weighted by atomic mass is 10.1. The molecule has 1 saturated heterocycles. The number of hydrogen-bond acceptors (Lipinski definition) is 4. The number of piperazine rings is 1. The highest BCUT2D eigenvalue weighted by Crippen LogP contribution is 2.24. The number of rotatable bonds is 5. The van der Waals surface area contributed by atoms with E-state index in [2.05, 4.69) is 16.0 Å². The molecule has 30 heavy (non-hydrogen) atoms. The fourth-order valence-corrected chi connectivity index (χ4v) is 5.08. The van der Waals surface area contributed by atoms with Crippen LogP contribution in [0.25, 0.3) is 10.9 Å². The minimum absolute atomic E-state index is 0. The molecule has 0 bridgehead atoms.